The smallest absolute Gasteiger partial charge is 0 e. The largest absolute Gasteiger partial charge is 1.00 e. The maximum Gasteiger partial charge on any atom is 0 e. The summed E-state index contributed by atoms with van der Waals surface area (Å²) < 4.78 is 0. The Labute approximate surface area is 49.7 Å². The van der Waals surface area contributed by atoms with Gasteiger partial charge in [0.15, 0.2) is 0 Å². The van der Waals surface area contributed by atoms with Gasteiger partial charge in [0.25, 0.3) is 0 Å². The fourth-order valence-corrected chi connectivity index (χ4v) is 0. The summed E-state index contributed by atoms with van der Waals surface area (Å²) >= 11 is 0. The van der Waals surface area contributed by atoms with E-state index in [0.29, 0.717) is 0 Å². The maximum absolute atomic E-state index is 0. The first kappa shape index (κ1) is 197. The van der Waals surface area contributed by atoms with Gasteiger partial charge in [-0.25, -0.2) is 0 Å². The fraction of sp³-hybridized carbons (Fsp3) is 0. The third-order valence-corrected chi connectivity index (χ3v) is 0. The predicted octanol–water partition coefficient (Wildman–Crippen LogP) is -5.47. The molecule has 5 heteroatoms. The van der Waals surface area contributed by atoms with Crippen molar-refractivity contribution in [3.05, 3.63) is 0 Å². The van der Waals surface area contributed by atoms with Crippen LogP contribution in [0.3, 0.4) is 0 Å². The minimum Gasteiger partial charge on any atom is -1.00 e. The third kappa shape index (κ3) is 56.0. The van der Waals surface area contributed by atoms with Crippen molar-refractivity contribution in [3.8, 4) is 0 Å². The first-order valence-electron chi connectivity index (χ1n) is 0. The number of halogens is 1. The molecule has 0 unspecified atom stereocenters. The second-order valence-corrected chi connectivity index (χ2v) is 0. The molecule has 0 aromatic heterocycles. The molecule has 0 aliphatic rings. The molecule has 0 rings (SSSR count). The zero-order valence-electron chi connectivity index (χ0n) is 2.26. The van der Waals surface area contributed by atoms with Crippen LogP contribution in [0.2, 0.25) is 0 Å². The molecule has 0 amide bonds. The second-order valence-electron chi connectivity index (χ2n) is 0. The Morgan fingerprint density at radius 2 is 0.600 bits per heavy atom. The van der Waals surface area contributed by atoms with E-state index in [1.165, 1.54) is 0 Å². The summed E-state index contributed by atoms with van der Waals surface area (Å²) in [5.41, 5.74) is 0. The van der Waals surface area contributed by atoms with E-state index in [4.69, 9.17) is 0 Å². The topological polar surface area (TPSA) is 94.5 Å². The van der Waals surface area contributed by atoms with E-state index in [9.17, 15) is 0 Å². The number of rotatable bonds is 0. The van der Waals surface area contributed by atoms with Gasteiger partial charge in [0.2, 0.25) is 0 Å². The quantitative estimate of drug-likeness (QED) is 0.422. The molecule has 0 bridgehead atoms. The first-order chi connectivity index (χ1) is 0. The Hall–Kier alpha value is 0.832. The normalized spacial score (nSPS) is 0. The van der Waals surface area contributed by atoms with Gasteiger partial charge in [-0.2, -0.15) is 0 Å². The molecule has 1 radical (unpaired) electrons. The molecular weight excluding hydrogens is 270 g/mol. The van der Waals surface area contributed by atoms with Crippen LogP contribution in [0.5, 0.6) is 0 Å². The van der Waals surface area contributed by atoms with E-state index in [1.54, 1.807) is 0 Å². The molecule has 0 atom stereocenters. The van der Waals surface area contributed by atoms with E-state index in [-0.39, 0.29) is 49.3 Å². The molecule has 3 nitrogen and oxygen atoms in total. The number of hydrogen-bond donors (Lipinski definition) is 0. The van der Waals surface area contributed by atoms with Gasteiger partial charge in [0.1, 0.15) is 0 Å². The minimum atomic E-state index is 0. The van der Waals surface area contributed by atoms with Gasteiger partial charge >= 0.3 is 0 Å². The molecule has 0 aromatic carbocycles. The Morgan fingerprint density at radius 1 is 0.600 bits per heavy atom. The van der Waals surface area contributed by atoms with E-state index < -0.39 is 0 Å². The number of hydrogen-bond acceptors (Lipinski definition) is 0. The van der Waals surface area contributed by atoms with E-state index in [2.05, 4.69) is 0 Å². The SMILES string of the molecule is O.O.O.[Cl-].[Re]. The maximum atomic E-state index is 0. The summed E-state index contributed by atoms with van der Waals surface area (Å²) in [5.74, 6) is 0. The molecule has 6 N–H and O–H groups in total. The van der Waals surface area contributed by atoms with Gasteiger partial charge < -0.3 is 28.8 Å². The van der Waals surface area contributed by atoms with Crippen LogP contribution < -0.4 is 12.4 Å². The van der Waals surface area contributed by atoms with Gasteiger partial charge in [-0.05, 0) is 0 Å². The van der Waals surface area contributed by atoms with Crippen molar-refractivity contribution < 1.29 is 49.3 Å². The first-order valence-corrected chi connectivity index (χ1v) is 0. The molecule has 0 aliphatic carbocycles. The monoisotopic (exact) mass is 276 g/mol. The molecular formula is H6ClO3Re-. The van der Waals surface area contributed by atoms with Crippen molar-refractivity contribution in [2.45, 2.75) is 0 Å². The Kier molecular flexibility index (Phi) is 4030. The van der Waals surface area contributed by atoms with E-state index in [1.807, 2.05) is 0 Å². The Balaban J connectivity index is 0. The van der Waals surface area contributed by atoms with Gasteiger partial charge in [0.05, 0.1) is 0 Å². The summed E-state index contributed by atoms with van der Waals surface area (Å²) in [4.78, 5) is 0. The summed E-state index contributed by atoms with van der Waals surface area (Å²) in [6.07, 6.45) is 0. The van der Waals surface area contributed by atoms with Crippen LogP contribution in [-0.4, -0.2) is 16.4 Å². The molecule has 0 aromatic rings. The average Bonchev–Trinajstić information content (AvgIpc) is 0. The van der Waals surface area contributed by atoms with Crippen molar-refractivity contribution in [2.75, 3.05) is 0 Å². The zero-order chi connectivity index (χ0) is 0. The summed E-state index contributed by atoms with van der Waals surface area (Å²) in [7, 11) is 0. The van der Waals surface area contributed by atoms with Crippen molar-refractivity contribution >= 4 is 0 Å². The van der Waals surface area contributed by atoms with Crippen LogP contribution in [0.15, 0.2) is 0 Å². The van der Waals surface area contributed by atoms with Gasteiger partial charge in [-0.1, -0.05) is 0 Å². The van der Waals surface area contributed by atoms with Gasteiger partial charge in [-0.15, -0.1) is 0 Å². The summed E-state index contributed by atoms with van der Waals surface area (Å²) in [5, 5.41) is 0. The molecule has 5 heavy (non-hydrogen) atoms. The zero-order valence-corrected chi connectivity index (χ0v) is 5.73. The molecule has 0 aliphatic heterocycles. The molecule has 0 heterocycles. The third-order valence-electron chi connectivity index (χ3n) is 0. The van der Waals surface area contributed by atoms with Gasteiger partial charge in [0, 0.05) is 20.4 Å². The summed E-state index contributed by atoms with van der Waals surface area (Å²) in [6.45, 7) is 0. The van der Waals surface area contributed by atoms with Crippen LogP contribution in [0.25, 0.3) is 0 Å². The molecule has 0 fully saturated rings. The van der Waals surface area contributed by atoms with Crippen LogP contribution in [0.4, 0.5) is 0 Å². The van der Waals surface area contributed by atoms with E-state index in [0.717, 1.165) is 0 Å². The van der Waals surface area contributed by atoms with Crippen LogP contribution in [0.1, 0.15) is 0 Å². The Bertz CT molecular complexity index is 6.85. The Morgan fingerprint density at radius 3 is 0.600 bits per heavy atom. The molecule has 0 spiro atoms. The standard InChI is InChI=1S/ClH.3H2O.Re/h1H;3*1H2;/p-1. The van der Waals surface area contributed by atoms with Crippen LogP contribution in [0, 0.1) is 0 Å². The van der Waals surface area contributed by atoms with Crippen molar-refractivity contribution in [1.82, 2.24) is 0 Å². The minimum absolute atomic E-state index is 0. The van der Waals surface area contributed by atoms with Crippen molar-refractivity contribution in [3.63, 3.8) is 0 Å². The predicted molar refractivity (Wildman–Crippen MR) is 10.8 cm³/mol. The van der Waals surface area contributed by atoms with Gasteiger partial charge in [-0.3, -0.25) is 0 Å². The average molecular weight is 276 g/mol. The summed E-state index contributed by atoms with van der Waals surface area (Å²) in [6, 6.07) is 0. The molecule has 39 valence electrons. The van der Waals surface area contributed by atoms with Crippen molar-refractivity contribution in [2.24, 2.45) is 0 Å². The van der Waals surface area contributed by atoms with Crippen LogP contribution in [-0.2, 0) is 20.4 Å². The van der Waals surface area contributed by atoms with Crippen LogP contribution >= 0.6 is 0 Å². The van der Waals surface area contributed by atoms with E-state index >= 15 is 0 Å². The molecule has 0 saturated carbocycles. The molecule has 0 saturated heterocycles. The fourth-order valence-electron chi connectivity index (χ4n) is 0. The van der Waals surface area contributed by atoms with Crippen molar-refractivity contribution in [1.29, 1.82) is 0 Å². The second kappa shape index (κ2) is 102.